The maximum absolute atomic E-state index is 11.8. The first kappa shape index (κ1) is 15.4. The van der Waals surface area contributed by atoms with Gasteiger partial charge in [-0.05, 0) is 30.7 Å². The quantitative estimate of drug-likeness (QED) is 0.460. The number of carbonyl (C=O) groups is 3. The summed E-state index contributed by atoms with van der Waals surface area (Å²) in [5, 5.41) is 28.3. The van der Waals surface area contributed by atoms with Crippen LogP contribution in [0.25, 0.3) is 0 Å². The van der Waals surface area contributed by atoms with E-state index in [4.69, 9.17) is 15.4 Å². The van der Waals surface area contributed by atoms with E-state index < -0.39 is 23.9 Å². The summed E-state index contributed by atoms with van der Waals surface area (Å²) in [6.45, 7) is 0. The predicted molar refractivity (Wildman–Crippen MR) is 67.6 cm³/mol. The number of rotatable bonds is 7. The van der Waals surface area contributed by atoms with Gasteiger partial charge in [0.1, 0.15) is 6.04 Å². The fraction of sp³-hybridized carbons (Fsp3) is 0.250. The van der Waals surface area contributed by atoms with E-state index in [-0.39, 0.29) is 18.4 Å². The molecule has 1 unspecified atom stereocenters. The molecule has 5 N–H and O–H groups in total. The first-order valence-electron chi connectivity index (χ1n) is 5.69. The summed E-state index contributed by atoms with van der Waals surface area (Å²) in [7, 11) is 0. The molecule has 0 bridgehead atoms. The lowest BCUT2D eigenvalue weighted by atomic mass is 10.1. The van der Waals surface area contributed by atoms with Gasteiger partial charge in [-0.25, -0.2) is 4.79 Å². The number of carboxylic acids is 2. The Bertz CT molecular complexity index is 499. The van der Waals surface area contributed by atoms with Crippen molar-refractivity contribution >= 4 is 23.5 Å². The van der Waals surface area contributed by atoms with Crippen LogP contribution in [0.3, 0.4) is 0 Å². The SMILES string of the molecule is O=C(O)CCC(NC(=O)c1ccc(NO)cc1)C(=O)O. The van der Waals surface area contributed by atoms with Crippen LogP contribution in [0.15, 0.2) is 24.3 Å². The third-order valence-corrected chi connectivity index (χ3v) is 2.53. The van der Waals surface area contributed by atoms with Crippen molar-refractivity contribution in [3.05, 3.63) is 29.8 Å². The van der Waals surface area contributed by atoms with Gasteiger partial charge in [-0.15, -0.1) is 0 Å². The summed E-state index contributed by atoms with van der Waals surface area (Å²) >= 11 is 0. The standard InChI is InChI=1S/C12H14N2O6/c15-10(16)6-5-9(12(18)19)13-11(17)7-1-3-8(14-20)4-2-7/h1-4,9,14,20H,5-6H2,(H,13,17)(H,15,16)(H,18,19). The normalized spacial score (nSPS) is 11.4. The molecule has 0 saturated heterocycles. The van der Waals surface area contributed by atoms with E-state index >= 15 is 0 Å². The molecule has 8 nitrogen and oxygen atoms in total. The average Bonchev–Trinajstić information content (AvgIpc) is 2.42. The molecule has 1 aromatic carbocycles. The topological polar surface area (TPSA) is 136 Å². The van der Waals surface area contributed by atoms with Crippen molar-refractivity contribution < 1.29 is 29.8 Å². The van der Waals surface area contributed by atoms with E-state index in [9.17, 15) is 14.4 Å². The van der Waals surface area contributed by atoms with Crippen LogP contribution >= 0.6 is 0 Å². The molecule has 0 aliphatic carbocycles. The second kappa shape index (κ2) is 7.10. The maximum atomic E-state index is 11.8. The molecule has 0 heterocycles. The van der Waals surface area contributed by atoms with Gasteiger partial charge in [0.15, 0.2) is 0 Å². The molecule has 0 aromatic heterocycles. The number of nitrogens with one attached hydrogen (secondary N) is 2. The van der Waals surface area contributed by atoms with Crippen molar-refractivity contribution in [2.24, 2.45) is 0 Å². The molecule has 0 aliphatic rings. The average molecular weight is 282 g/mol. The molecule has 1 rings (SSSR count). The van der Waals surface area contributed by atoms with Gasteiger partial charge in [0, 0.05) is 12.0 Å². The molecule has 1 atom stereocenters. The number of carbonyl (C=O) groups excluding carboxylic acids is 1. The maximum Gasteiger partial charge on any atom is 0.326 e. The Labute approximate surface area is 114 Å². The number of aliphatic carboxylic acids is 2. The lowest BCUT2D eigenvalue weighted by Crippen LogP contribution is -2.41. The van der Waals surface area contributed by atoms with Gasteiger partial charge in [-0.2, -0.15) is 0 Å². The minimum Gasteiger partial charge on any atom is -0.481 e. The molecule has 0 radical (unpaired) electrons. The number of benzene rings is 1. The first-order valence-corrected chi connectivity index (χ1v) is 5.69. The smallest absolute Gasteiger partial charge is 0.326 e. The second-order valence-corrected chi connectivity index (χ2v) is 3.99. The monoisotopic (exact) mass is 282 g/mol. The Morgan fingerprint density at radius 3 is 2.15 bits per heavy atom. The highest BCUT2D eigenvalue weighted by Gasteiger charge is 2.21. The van der Waals surface area contributed by atoms with Crippen LogP contribution in [-0.4, -0.2) is 39.3 Å². The van der Waals surface area contributed by atoms with E-state index in [1.54, 1.807) is 0 Å². The number of amides is 1. The molecule has 1 amide bonds. The predicted octanol–water partition coefficient (Wildman–Crippen LogP) is 0.535. The molecule has 0 fully saturated rings. The highest BCUT2D eigenvalue weighted by atomic mass is 16.5. The fourth-order valence-corrected chi connectivity index (χ4v) is 1.46. The Kier molecular flexibility index (Phi) is 5.48. The summed E-state index contributed by atoms with van der Waals surface area (Å²) in [4.78, 5) is 33.1. The summed E-state index contributed by atoms with van der Waals surface area (Å²) in [5.41, 5.74) is 2.47. The van der Waals surface area contributed by atoms with Gasteiger partial charge in [0.25, 0.3) is 5.91 Å². The zero-order valence-electron chi connectivity index (χ0n) is 10.4. The van der Waals surface area contributed by atoms with E-state index in [0.29, 0.717) is 5.69 Å². The largest absolute Gasteiger partial charge is 0.481 e. The number of hydrogen-bond donors (Lipinski definition) is 5. The number of anilines is 1. The van der Waals surface area contributed by atoms with Gasteiger partial charge in [-0.1, -0.05) is 0 Å². The lowest BCUT2D eigenvalue weighted by Gasteiger charge is -2.13. The minimum absolute atomic E-state index is 0.200. The van der Waals surface area contributed by atoms with Crippen LogP contribution in [0.1, 0.15) is 23.2 Å². The van der Waals surface area contributed by atoms with Crippen LogP contribution in [-0.2, 0) is 9.59 Å². The van der Waals surface area contributed by atoms with Crippen LogP contribution in [0.2, 0.25) is 0 Å². The highest BCUT2D eigenvalue weighted by Crippen LogP contribution is 2.09. The summed E-state index contributed by atoms with van der Waals surface area (Å²) in [6, 6.07) is 4.38. The molecule has 0 saturated carbocycles. The first-order chi connectivity index (χ1) is 9.43. The Morgan fingerprint density at radius 1 is 1.10 bits per heavy atom. The lowest BCUT2D eigenvalue weighted by molar-refractivity contribution is -0.140. The van der Waals surface area contributed by atoms with Gasteiger partial charge in [-0.3, -0.25) is 20.3 Å². The minimum atomic E-state index is -1.30. The molecular weight excluding hydrogens is 268 g/mol. The van der Waals surface area contributed by atoms with Gasteiger partial charge >= 0.3 is 11.9 Å². The Balaban J connectivity index is 2.69. The third-order valence-electron chi connectivity index (χ3n) is 2.53. The Morgan fingerprint density at radius 2 is 1.70 bits per heavy atom. The van der Waals surface area contributed by atoms with Crippen molar-refractivity contribution in [3.63, 3.8) is 0 Å². The van der Waals surface area contributed by atoms with E-state index in [1.165, 1.54) is 24.3 Å². The molecule has 1 aromatic rings. The highest BCUT2D eigenvalue weighted by molar-refractivity contribution is 5.96. The summed E-state index contributed by atoms with van der Waals surface area (Å²) < 4.78 is 0. The number of carboxylic acid groups (broad SMARTS) is 2. The Hall–Kier alpha value is -2.61. The zero-order chi connectivity index (χ0) is 15.1. The molecule has 108 valence electrons. The third kappa shape index (κ3) is 4.58. The van der Waals surface area contributed by atoms with Gasteiger partial charge in [0.05, 0.1) is 5.69 Å². The van der Waals surface area contributed by atoms with Crippen molar-refractivity contribution in [2.75, 3.05) is 5.48 Å². The van der Waals surface area contributed by atoms with Crippen molar-refractivity contribution in [1.82, 2.24) is 5.32 Å². The molecule has 0 aliphatic heterocycles. The van der Waals surface area contributed by atoms with E-state index in [1.807, 2.05) is 5.48 Å². The van der Waals surface area contributed by atoms with Crippen molar-refractivity contribution in [3.8, 4) is 0 Å². The number of hydrogen-bond acceptors (Lipinski definition) is 5. The molecule has 0 spiro atoms. The van der Waals surface area contributed by atoms with Crippen molar-refractivity contribution in [2.45, 2.75) is 18.9 Å². The summed E-state index contributed by atoms with van der Waals surface area (Å²) in [6.07, 6.45) is -0.558. The van der Waals surface area contributed by atoms with E-state index in [2.05, 4.69) is 5.32 Å². The van der Waals surface area contributed by atoms with E-state index in [0.717, 1.165) is 0 Å². The van der Waals surface area contributed by atoms with Crippen molar-refractivity contribution in [1.29, 1.82) is 0 Å². The molecular formula is C12H14N2O6. The molecule has 8 heteroatoms. The van der Waals surface area contributed by atoms with Gasteiger partial charge in [0.2, 0.25) is 0 Å². The van der Waals surface area contributed by atoms with Crippen LogP contribution in [0.5, 0.6) is 0 Å². The van der Waals surface area contributed by atoms with Gasteiger partial charge < -0.3 is 15.5 Å². The van der Waals surface area contributed by atoms with Crippen LogP contribution in [0, 0.1) is 0 Å². The zero-order valence-corrected chi connectivity index (χ0v) is 10.4. The van der Waals surface area contributed by atoms with Crippen LogP contribution in [0.4, 0.5) is 5.69 Å². The molecule has 20 heavy (non-hydrogen) atoms. The second-order valence-electron chi connectivity index (χ2n) is 3.99. The summed E-state index contributed by atoms with van der Waals surface area (Å²) in [5.74, 6) is -3.07. The fourth-order valence-electron chi connectivity index (χ4n) is 1.46. The van der Waals surface area contributed by atoms with Crippen LogP contribution < -0.4 is 10.8 Å².